The summed E-state index contributed by atoms with van der Waals surface area (Å²) >= 11 is 2.54. The average molecular weight is 352 g/mol. The van der Waals surface area contributed by atoms with Crippen molar-refractivity contribution < 1.29 is 0 Å². The normalized spacial score (nSPS) is 14.9. The third-order valence-corrected chi connectivity index (χ3v) is 4.11. The van der Waals surface area contributed by atoms with Crippen LogP contribution in [0.15, 0.2) is 42.5 Å². The quantitative estimate of drug-likeness (QED) is 0.482. The largest absolute Gasteiger partial charge is 0.0829 e. The molecule has 0 aromatic heterocycles. The summed E-state index contributed by atoms with van der Waals surface area (Å²) in [4.78, 5) is 0. The van der Waals surface area contributed by atoms with E-state index in [1.807, 2.05) is 0 Å². The van der Waals surface area contributed by atoms with Crippen molar-refractivity contribution in [2.45, 2.75) is 37.0 Å². The lowest BCUT2D eigenvalue weighted by Crippen LogP contribution is -2.11. The van der Waals surface area contributed by atoms with Gasteiger partial charge in [0.15, 0.2) is 0 Å². The number of alkyl halides is 1. The molecule has 2 unspecified atom stereocenters. The van der Waals surface area contributed by atoms with E-state index in [-0.39, 0.29) is 0 Å². The number of halogens is 1. The summed E-state index contributed by atoms with van der Waals surface area (Å²) in [6, 6.07) is 15.5. The van der Waals surface area contributed by atoms with E-state index in [9.17, 15) is 0 Å². The lowest BCUT2D eigenvalue weighted by molar-refractivity contribution is 0.474. The van der Waals surface area contributed by atoms with Crippen LogP contribution >= 0.6 is 22.6 Å². The second kappa shape index (κ2) is 6.05. The number of fused-ring (bicyclic) bond motifs is 1. The second-order valence-electron chi connectivity index (χ2n) is 5.44. The highest BCUT2D eigenvalue weighted by Crippen LogP contribution is 2.35. The molecule has 0 bridgehead atoms. The van der Waals surface area contributed by atoms with Crippen molar-refractivity contribution in [2.24, 2.45) is 5.92 Å². The maximum Gasteiger partial charge on any atom is 0.00872 e. The SMILES string of the molecule is CC(I)CC(c1cccc2ccccc12)C(C)C. The van der Waals surface area contributed by atoms with Gasteiger partial charge in [-0.3, -0.25) is 0 Å². The fraction of sp³-hybridized carbons (Fsp3) is 0.412. The minimum Gasteiger partial charge on any atom is -0.0829 e. The first kappa shape index (κ1) is 13.9. The van der Waals surface area contributed by atoms with E-state index in [1.54, 1.807) is 0 Å². The smallest absolute Gasteiger partial charge is 0.00872 e. The van der Waals surface area contributed by atoms with Gasteiger partial charge in [-0.25, -0.2) is 0 Å². The molecule has 0 spiro atoms. The first-order chi connectivity index (χ1) is 8.59. The maximum absolute atomic E-state index is 2.54. The third kappa shape index (κ3) is 3.05. The van der Waals surface area contributed by atoms with E-state index < -0.39 is 0 Å². The minimum atomic E-state index is 0.656. The van der Waals surface area contributed by atoms with E-state index in [2.05, 4.69) is 85.8 Å². The fourth-order valence-electron chi connectivity index (χ4n) is 2.68. The van der Waals surface area contributed by atoms with Gasteiger partial charge in [-0.1, -0.05) is 85.8 Å². The summed E-state index contributed by atoms with van der Waals surface area (Å²) in [5.41, 5.74) is 1.52. The molecule has 0 aliphatic rings. The molecule has 1 heteroatoms. The Labute approximate surface area is 124 Å². The number of hydrogen-bond donors (Lipinski definition) is 0. The van der Waals surface area contributed by atoms with Crippen LogP contribution in [0.5, 0.6) is 0 Å². The first-order valence-electron chi connectivity index (χ1n) is 6.71. The van der Waals surface area contributed by atoms with Crippen LogP contribution in [-0.4, -0.2) is 3.92 Å². The van der Waals surface area contributed by atoms with E-state index in [1.165, 1.54) is 22.8 Å². The van der Waals surface area contributed by atoms with Gasteiger partial charge in [0.1, 0.15) is 0 Å². The van der Waals surface area contributed by atoms with E-state index in [0.717, 1.165) is 0 Å². The van der Waals surface area contributed by atoms with Crippen molar-refractivity contribution in [1.82, 2.24) is 0 Å². The molecule has 0 N–H and O–H groups in total. The van der Waals surface area contributed by atoms with Gasteiger partial charge in [-0.2, -0.15) is 0 Å². The van der Waals surface area contributed by atoms with Gasteiger partial charge in [0.2, 0.25) is 0 Å². The maximum atomic E-state index is 2.54. The lowest BCUT2D eigenvalue weighted by atomic mass is 9.82. The van der Waals surface area contributed by atoms with Gasteiger partial charge < -0.3 is 0 Å². The molecule has 18 heavy (non-hydrogen) atoms. The molecule has 0 heterocycles. The van der Waals surface area contributed by atoms with Crippen LogP contribution in [-0.2, 0) is 0 Å². The summed E-state index contributed by atoms with van der Waals surface area (Å²) in [5.74, 6) is 1.34. The fourth-order valence-corrected chi connectivity index (χ4v) is 3.23. The zero-order valence-corrected chi connectivity index (χ0v) is 13.5. The van der Waals surface area contributed by atoms with E-state index >= 15 is 0 Å². The summed E-state index contributed by atoms with van der Waals surface area (Å²) in [6.45, 7) is 6.98. The van der Waals surface area contributed by atoms with Crippen molar-refractivity contribution in [3.8, 4) is 0 Å². The van der Waals surface area contributed by atoms with Crippen molar-refractivity contribution in [3.63, 3.8) is 0 Å². The Bertz CT molecular complexity index is 509. The molecular formula is C17H21I. The van der Waals surface area contributed by atoms with Crippen LogP contribution in [0.1, 0.15) is 38.7 Å². The zero-order valence-electron chi connectivity index (χ0n) is 11.4. The van der Waals surface area contributed by atoms with Crippen LogP contribution < -0.4 is 0 Å². The van der Waals surface area contributed by atoms with Crippen LogP contribution in [0.4, 0.5) is 0 Å². The van der Waals surface area contributed by atoms with Gasteiger partial charge in [0, 0.05) is 3.92 Å². The predicted molar refractivity (Wildman–Crippen MR) is 89.6 cm³/mol. The first-order valence-corrected chi connectivity index (χ1v) is 7.96. The molecule has 96 valence electrons. The average Bonchev–Trinajstić information content (AvgIpc) is 2.35. The molecule has 0 saturated carbocycles. The Morgan fingerprint density at radius 2 is 1.61 bits per heavy atom. The predicted octanol–water partition coefficient (Wildman–Crippen LogP) is 5.79. The molecule has 2 aromatic rings. The molecular weight excluding hydrogens is 331 g/mol. The summed E-state index contributed by atoms with van der Waals surface area (Å²) in [6.07, 6.45) is 1.26. The highest BCUT2D eigenvalue weighted by molar-refractivity contribution is 14.1. The molecule has 0 aliphatic carbocycles. The molecule has 2 aromatic carbocycles. The van der Waals surface area contributed by atoms with Crippen molar-refractivity contribution in [2.75, 3.05) is 0 Å². The highest BCUT2D eigenvalue weighted by atomic mass is 127. The second-order valence-corrected chi connectivity index (χ2v) is 7.56. The molecule has 0 amide bonds. The molecule has 2 rings (SSSR count). The number of benzene rings is 2. The van der Waals surface area contributed by atoms with Crippen LogP contribution in [0.3, 0.4) is 0 Å². The number of hydrogen-bond acceptors (Lipinski definition) is 0. The third-order valence-electron chi connectivity index (χ3n) is 3.61. The van der Waals surface area contributed by atoms with E-state index in [0.29, 0.717) is 15.8 Å². The van der Waals surface area contributed by atoms with Crippen molar-refractivity contribution in [1.29, 1.82) is 0 Å². The molecule has 0 aliphatic heterocycles. The Morgan fingerprint density at radius 1 is 0.944 bits per heavy atom. The van der Waals surface area contributed by atoms with E-state index in [4.69, 9.17) is 0 Å². The Balaban J connectivity index is 2.50. The van der Waals surface area contributed by atoms with Gasteiger partial charge in [0.25, 0.3) is 0 Å². The highest BCUT2D eigenvalue weighted by Gasteiger charge is 2.19. The molecule has 2 atom stereocenters. The monoisotopic (exact) mass is 352 g/mol. The topological polar surface area (TPSA) is 0 Å². The van der Waals surface area contributed by atoms with Gasteiger partial charge >= 0.3 is 0 Å². The summed E-state index contributed by atoms with van der Waals surface area (Å²) in [5, 5.41) is 2.79. The van der Waals surface area contributed by atoms with Gasteiger partial charge in [0.05, 0.1) is 0 Å². The Hall–Kier alpha value is -0.570. The van der Waals surface area contributed by atoms with Gasteiger partial charge in [-0.05, 0) is 34.6 Å². The van der Waals surface area contributed by atoms with Crippen molar-refractivity contribution in [3.05, 3.63) is 48.0 Å². The van der Waals surface area contributed by atoms with Crippen LogP contribution in [0, 0.1) is 5.92 Å². The Kier molecular flexibility index (Phi) is 4.66. The molecule has 0 fully saturated rings. The minimum absolute atomic E-state index is 0.656. The van der Waals surface area contributed by atoms with Gasteiger partial charge in [-0.15, -0.1) is 0 Å². The van der Waals surface area contributed by atoms with Crippen molar-refractivity contribution >= 4 is 33.4 Å². The zero-order chi connectivity index (χ0) is 13.1. The number of rotatable bonds is 4. The standard InChI is InChI=1S/C17H21I/c1-12(2)17(11-13(3)18)16-10-6-8-14-7-4-5-9-15(14)16/h4-10,12-13,17H,11H2,1-3H3. The lowest BCUT2D eigenvalue weighted by Gasteiger charge is -2.24. The van der Waals surface area contributed by atoms with Crippen LogP contribution in [0.25, 0.3) is 10.8 Å². The molecule has 0 saturated heterocycles. The summed E-state index contributed by atoms with van der Waals surface area (Å²) in [7, 11) is 0. The van der Waals surface area contributed by atoms with Crippen LogP contribution in [0.2, 0.25) is 0 Å². The molecule has 0 radical (unpaired) electrons. The summed E-state index contributed by atoms with van der Waals surface area (Å²) < 4.78 is 0.717. The molecule has 0 nitrogen and oxygen atoms in total. The Morgan fingerprint density at radius 3 is 2.28 bits per heavy atom.